The first-order valence-corrected chi connectivity index (χ1v) is 6.82. The summed E-state index contributed by atoms with van der Waals surface area (Å²) >= 11 is 0. The lowest BCUT2D eigenvalue weighted by Gasteiger charge is -2.28. The first-order chi connectivity index (χ1) is 9.20. The van der Waals surface area contributed by atoms with Crippen molar-refractivity contribution in [2.24, 2.45) is 5.41 Å². The molecule has 1 amide bonds. The van der Waals surface area contributed by atoms with Crippen molar-refractivity contribution in [1.29, 1.82) is 0 Å². The number of benzene rings is 1. The van der Waals surface area contributed by atoms with Crippen molar-refractivity contribution in [2.45, 2.75) is 46.6 Å². The molecular formula is C16H23NO3. The van der Waals surface area contributed by atoms with Crippen molar-refractivity contribution < 1.29 is 14.7 Å². The van der Waals surface area contributed by atoms with Crippen LogP contribution in [0.15, 0.2) is 24.3 Å². The van der Waals surface area contributed by atoms with Crippen LogP contribution in [0, 0.1) is 5.41 Å². The van der Waals surface area contributed by atoms with E-state index < -0.39 is 5.97 Å². The number of aryl methyl sites for hydroxylation is 1. The Balaban J connectivity index is 2.47. The Morgan fingerprint density at radius 3 is 2.20 bits per heavy atom. The molecule has 0 bridgehead atoms. The van der Waals surface area contributed by atoms with Crippen molar-refractivity contribution in [3.05, 3.63) is 35.4 Å². The third-order valence-electron chi connectivity index (χ3n) is 3.52. The van der Waals surface area contributed by atoms with Crippen LogP contribution in [-0.4, -0.2) is 23.0 Å². The van der Waals surface area contributed by atoms with Gasteiger partial charge in [-0.05, 0) is 36.5 Å². The van der Waals surface area contributed by atoms with Gasteiger partial charge in [-0.1, -0.05) is 32.9 Å². The Kier molecular flexibility index (Phi) is 5.31. The van der Waals surface area contributed by atoms with Crippen LogP contribution in [-0.2, 0) is 11.2 Å². The van der Waals surface area contributed by atoms with Gasteiger partial charge >= 0.3 is 5.97 Å². The van der Waals surface area contributed by atoms with Crippen molar-refractivity contribution in [3.63, 3.8) is 0 Å². The van der Waals surface area contributed by atoms with Gasteiger partial charge in [-0.2, -0.15) is 0 Å². The lowest BCUT2D eigenvalue weighted by molar-refractivity contribution is -0.122. The van der Waals surface area contributed by atoms with E-state index in [0.717, 1.165) is 5.56 Å². The molecule has 4 nitrogen and oxygen atoms in total. The third-order valence-corrected chi connectivity index (χ3v) is 3.52. The van der Waals surface area contributed by atoms with E-state index in [9.17, 15) is 9.59 Å². The summed E-state index contributed by atoms with van der Waals surface area (Å²) in [6.45, 7) is 8.26. The molecule has 0 heterocycles. The van der Waals surface area contributed by atoms with Crippen LogP contribution in [0.1, 0.15) is 50.0 Å². The van der Waals surface area contributed by atoms with E-state index in [0.29, 0.717) is 12.8 Å². The fourth-order valence-corrected chi connectivity index (χ4v) is 1.60. The number of carbonyl (C=O) groups excluding carboxylic acids is 1. The van der Waals surface area contributed by atoms with Gasteiger partial charge in [0.1, 0.15) is 0 Å². The predicted molar refractivity (Wildman–Crippen MR) is 78.8 cm³/mol. The van der Waals surface area contributed by atoms with Gasteiger partial charge in [0.25, 0.3) is 0 Å². The van der Waals surface area contributed by atoms with E-state index in [1.165, 1.54) is 0 Å². The van der Waals surface area contributed by atoms with Crippen molar-refractivity contribution in [2.75, 3.05) is 0 Å². The Hall–Kier alpha value is -1.84. The summed E-state index contributed by atoms with van der Waals surface area (Å²) in [5, 5.41) is 11.8. The molecule has 1 rings (SSSR count). The lowest BCUT2D eigenvalue weighted by Crippen LogP contribution is -2.41. The Labute approximate surface area is 120 Å². The standard InChI is InChI=1S/C16H23NO3/c1-11(16(2,3)4)17-14(18)10-7-12-5-8-13(9-6-12)15(19)20/h5-6,8-9,11H,7,10H2,1-4H3,(H,17,18)(H,19,20). The molecule has 0 aliphatic heterocycles. The molecule has 1 aromatic carbocycles. The molecule has 0 saturated carbocycles. The number of carboxylic acids is 1. The first kappa shape index (κ1) is 16.2. The molecule has 20 heavy (non-hydrogen) atoms. The second-order valence-electron chi connectivity index (χ2n) is 6.16. The van der Waals surface area contributed by atoms with E-state index in [1.54, 1.807) is 24.3 Å². The van der Waals surface area contributed by atoms with Gasteiger partial charge in [-0.25, -0.2) is 4.79 Å². The summed E-state index contributed by atoms with van der Waals surface area (Å²) in [5.41, 5.74) is 1.27. The zero-order chi connectivity index (χ0) is 15.3. The molecular weight excluding hydrogens is 254 g/mol. The zero-order valence-corrected chi connectivity index (χ0v) is 12.6. The van der Waals surface area contributed by atoms with Crippen LogP contribution in [0.3, 0.4) is 0 Å². The predicted octanol–water partition coefficient (Wildman–Crippen LogP) is 2.87. The van der Waals surface area contributed by atoms with E-state index in [-0.39, 0.29) is 22.9 Å². The Morgan fingerprint density at radius 2 is 1.75 bits per heavy atom. The monoisotopic (exact) mass is 277 g/mol. The van der Waals surface area contributed by atoms with E-state index in [1.807, 2.05) is 6.92 Å². The average molecular weight is 277 g/mol. The van der Waals surface area contributed by atoms with Gasteiger partial charge in [0.15, 0.2) is 0 Å². The summed E-state index contributed by atoms with van der Waals surface area (Å²) in [6, 6.07) is 6.75. The van der Waals surface area contributed by atoms with Crippen molar-refractivity contribution in [3.8, 4) is 0 Å². The summed E-state index contributed by atoms with van der Waals surface area (Å²) < 4.78 is 0. The third kappa shape index (κ3) is 5.03. The summed E-state index contributed by atoms with van der Waals surface area (Å²) in [6.07, 6.45) is 1.02. The highest BCUT2D eigenvalue weighted by Crippen LogP contribution is 2.18. The molecule has 0 aliphatic carbocycles. The van der Waals surface area contributed by atoms with E-state index >= 15 is 0 Å². The first-order valence-electron chi connectivity index (χ1n) is 6.82. The van der Waals surface area contributed by atoms with Gasteiger partial charge in [0.2, 0.25) is 5.91 Å². The van der Waals surface area contributed by atoms with Gasteiger partial charge in [0, 0.05) is 12.5 Å². The minimum atomic E-state index is -0.937. The van der Waals surface area contributed by atoms with Crippen LogP contribution >= 0.6 is 0 Å². The SMILES string of the molecule is CC(NC(=O)CCc1ccc(C(=O)O)cc1)C(C)(C)C. The molecule has 1 atom stereocenters. The molecule has 0 fully saturated rings. The molecule has 110 valence electrons. The number of carbonyl (C=O) groups is 2. The van der Waals surface area contributed by atoms with E-state index in [4.69, 9.17) is 5.11 Å². The number of rotatable bonds is 5. The largest absolute Gasteiger partial charge is 0.478 e. The second kappa shape index (κ2) is 6.55. The lowest BCUT2D eigenvalue weighted by atomic mass is 9.88. The second-order valence-corrected chi connectivity index (χ2v) is 6.16. The van der Waals surface area contributed by atoms with Crippen LogP contribution < -0.4 is 5.32 Å². The molecule has 1 aromatic rings. The normalized spacial score (nSPS) is 12.8. The molecule has 4 heteroatoms. The molecule has 0 spiro atoms. The van der Waals surface area contributed by atoms with E-state index in [2.05, 4.69) is 26.1 Å². The molecule has 0 aliphatic rings. The number of aromatic carboxylic acids is 1. The number of nitrogens with one attached hydrogen (secondary N) is 1. The maximum Gasteiger partial charge on any atom is 0.335 e. The number of amides is 1. The maximum atomic E-state index is 11.8. The number of carboxylic acid groups (broad SMARTS) is 1. The van der Waals surface area contributed by atoms with Crippen LogP contribution in [0.25, 0.3) is 0 Å². The van der Waals surface area contributed by atoms with Crippen LogP contribution in [0.5, 0.6) is 0 Å². The quantitative estimate of drug-likeness (QED) is 0.869. The summed E-state index contributed by atoms with van der Waals surface area (Å²) in [5.74, 6) is -0.914. The Bertz CT molecular complexity index is 471. The van der Waals surface area contributed by atoms with Gasteiger partial charge in [-0.15, -0.1) is 0 Å². The fraction of sp³-hybridized carbons (Fsp3) is 0.500. The molecule has 0 saturated heterocycles. The zero-order valence-electron chi connectivity index (χ0n) is 12.6. The molecule has 1 unspecified atom stereocenters. The maximum absolute atomic E-state index is 11.8. The number of hydrogen-bond acceptors (Lipinski definition) is 2. The molecule has 2 N–H and O–H groups in total. The van der Waals surface area contributed by atoms with Crippen LogP contribution in [0.4, 0.5) is 0 Å². The fourth-order valence-electron chi connectivity index (χ4n) is 1.60. The van der Waals surface area contributed by atoms with Crippen LogP contribution in [0.2, 0.25) is 0 Å². The highest BCUT2D eigenvalue weighted by atomic mass is 16.4. The van der Waals surface area contributed by atoms with Crippen molar-refractivity contribution >= 4 is 11.9 Å². The molecule has 0 radical (unpaired) electrons. The topological polar surface area (TPSA) is 66.4 Å². The minimum Gasteiger partial charge on any atom is -0.478 e. The Morgan fingerprint density at radius 1 is 1.20 bits per heavy atom. The van der Waals surface area contributed by atoms with Gasteiger partial charge in [-0.3, -0.25) is 4.79 Å². The van der Waals surface area contributed by atoms with Gasteiger partial charge < -0.3 is 10.4 Å². The van der Waals surface area contributed by atoms with Crippen molar-refractivity contribution in [1.82, 2.24) is 5.32 Å². The van der Waals surface area contributed by atoms with Gasteiger partial charge in [0.05, 0.1) is 5.56 Å². The highest BCUT2D eigenvalue weighted by Gasteiger charge is 2.21. The number of hydrogen-bond donors (Lipinski definition) is 2. The summed E-state index contributed by atoms with van der Waals surface area (Å²) in [4.78, 5) is 22.6. The molecule has 0 aromatic heterocycles. The summed E-state index contributed by atoms with van der Waals surface area (Å²) in [7, 11) is 0. The smallest absolute Gasteiger partial charge is 0.335 e. The average Bonchev–Trinajstić information content (AvgIpc) is 2.35. The highest BCUT2D eigenvalue weighted by molar-refractivity contribution is 5.87. The minimum absolute atomic E-state index is 0.0229.